The molecule has 7 nitrogen and oxygen atoms in total. The summed E-state index contributed by atoms with van der Waals surface area (Å²) >= 11 is 0. The van der Waals surface area contributed by atoms with Crippen molar-refractivity contribution in [3.8, 4) is 5.75 Å². The number of hydrogen-bond donors (Lipinski definition) is 3. The van der Waals surface area contributed by atoms with Gasteiger partial charge < -0.3 is 14.9 Å². The average Bonchev–Trinajstić information content (AvgIpc) is 2.37. The Morgan fingerprint density at radius 1 is 1.43 bits per heavy atom. The molecule has 8 heteroatoms. The molecule has 1 fully saturated rings. The number of carboxylic acid groups (broad SMARTS) is 1. The highest BCUT2D eigenvalue weighted by Gasteiger charge is 2.38. The first kappa shape index (κ1) is 15.7. The Labute approximate surface area is 122 Å². The van der Waals surface area contributed by atoms with Gasteiger partial charge in [-0.15, -0.1) is 0 Å². The SMILES string of the molecule is COC1(CNS(=O)(=O)c2ccc(O)c(C(=O)O)c2)CCC1. The highest BCUT2D eigenvalue weighted by atomic mass is 32.2. The van der Waals surface area contributed by atoms with E-state index in [1.807, 2.05) is 0 Å². The van der Waals surface area contributed by atoms with Gasteiger partial charge in [0.15, 0.2) is 0 Å². The van der Waals surface area contributed by atoms with Crippen molar-refractivity contribution in [2.45, 2.75) is 29.8 Å². The van der Waals surface area contributed by atoms with Crippen molar-refractivity contribution in [1.29, 1.82) is 0 Å². The van der Waals surface area contributed by atoms with Gasteiger partial charge in [-0.1, -0.05) is 0 Å². The first-order valence-corrected chi connectivity index (χ1v) is 7.89. The number of rotatable bonds is 6. The summed E-state index contributed by atoms with van der Waals surface area (Å²) in [6.07, 6.45) is 2.54. The average molecular weight is 315 g/mol. The van der Waals surface area contributed by atoms with Gasteiger partial charge in [0.05, 0.1) is 10.5 Å². The van der Waals surface area contributed by atoms with Crippen molar-refractivity contribution in [2.24, 2.45) is 0 Å². The molecule has 1 aromatic rings. The fraction of sp³-hybridized carbons (Fsp3) is 0.462. The summed E-state index contributed by atoms with van der Waals surface area (Å²) in [7, 11) is -2.32. The maximum absolute atomic E-state index is 12.2. The van der Waals surface area contributed by atoms with Gasteiger partial charge in [-0.25, -0.2) is 17.9 Å². The Bertz CT molecular complexity index is 645. The Morgan fingerprint density at radius 2 is 2.10 bits per heavy atom. The molecule has 1 aliphatic carbocycles. The molecule has 2 rings (SSSR count). The van der Waals surface area contributed by atoms with Crippen LogP contribution in [0.15, 0.2) is 23.1 Å². The van der Waals surface area contributed by atoms with Crippen LogP contribution in [-0.4, -0.2) is 43.9 Å². The number of ether oxygens (including phenoxy) is 1. The zero-order chi connectivity index (χ0) is 15.7. The van der Waals surface area contributed by atoms with E-state index in [1.165, 1.54) is 7.11 Å². The Balaban J connectivity index is 2.20. The molecule has 0 spiro atoms. The van der Waals surface area contributed by atoms with Crippen molar-refractivity contribution in [2.75, 3.05) is 13.7 Å². The lowest BCUT2D eigenvalue weighted by molar-refractivity contribution is -0.0659. The summed E-state index contributed by atoms with van der Waals surface area (Å²) in [5, 5.41) is 18.3. The van der Waals surface area contributed by atoms with Crippen molar-refractivity contribution in [3.05, 3.63) is 23.8 Å². The predicted molar refractivity (Wildman–Crippen MR) is 73.8 cm³/mol. The topological polar surface area (TPSA) is 113 Å². The fourth-order valence-corrected chi connectivity index (χ4v) is 3.33. The second-order valence-corrected chi connectivity index (χ2v) is 6.82. The summed E-state index contributed by atoms with van der Waals surface area (Å²) in [4.78, 5) is 10.7. The molecule has 0 amide bonds. The van der Waals surface area contributed by atoms with Gasteiger partial charge in [0.1, 0.15) is 11.3 Å². The highest BCUT2D eigenvalue weighted by molar-refractivity contribution is 7.89. The molecule has 0 aromatic heterocycles. The summed E-state index contributed by atoms with van der Waals surface area (Å²) in [6, 6.07) is 3.14. The quantitative estimate of drug-likeness (QED) is 0.720. The lowest BCUT2D eigenvalue weighted by Gasteiger charge is -2.40. The third-order valence-electron chi connectivity index (χ3n) is 3.79. The van der Waals surface area contributed by atoms with Gasteiger partial charge in [-0.3, -0.25) is 0 Å². The van der Waals surface area contributed by atoms with E-state index in [2.05, 4.69) is 4.72 Å². The van der Waals surface area contributed by atoms with Crippen LogP contribution in [0, 0.1) is 0 Å². The largest absolute Gasteiger partial charge is 0.507 e. The van der Waals surface area contributed by atoms with Crippen LogP contribution < -0.4 is 4.72 Å². The molecule has 0 heterocycles. The number of aromatic hydroxyl groups is 1. The van der Waals surface area contributed by atoms with Crippen molar-refractivity contribution < 1.29 is 28.2 Å². The van der Waals surface area contributed by atoms with E-state index < -0.39 is 32.9 Å². The molecule has 21 heavy (non-hydrogen) atoms. The second kappa shape index (κ2) is 5.63. The number of methoxy groups -OCH3 is 1. The maximum atomic E-state index is 12.2. The fourth-order valence-electron chi connectivity index (χ4n) is 2.19. The molecule has 116 valence electrons. The van der Waals surface area contributed by atoms with Gasteiger partial charge in [0.2, 0.25) is 10.0 Å². The molecule has 1 saturated carbocycles. The van der Waals surface area contributed by atoms with Gasteiger partial charge in [-0.2, -0.15) is 0 Å². The van der Waals surface area contributed by atoms with E-state index in [0.717, 1.165) is 37.5 Å². The molecular formula is C13H17NO6S. The first-order chi connectivity index (χ1) is 9.80. The van der Waals surface area contributed by atoms with Crippen molar-refractivity contribution in [3.63, 3.8) is 0 Å². The third-order valence-corrected chi connectivity index (χ3v) is 5.19. The van der Waals surface area contributed by atoms with Crippen molar-refractivity contribution >= 4 is 16.0 Å². The van der Waals surface area contributed by atoms with Gasteiger partial charge in [0, 0.05) is 13.7 Å². The minimum Gasteiger partial charge on any atom is -0.507 e. The number of sulfonamides is 1. The van der Waals surface area contributed by atoms with Crippen LogP contribution in [0.2, 0.25) is 0 Å². The summed E-state index contributed by atoms with van der Waals surface area (Å²) < 4.78 is 32.1. The number of phenols is 1. The highest BCUT2D eigenvalue weighted by Crippen LogP contribution is 2.34. The third kappa shape index (κ3) is 3.17. The zero-order valence-electron chi connectivity index (χ0n) is 11.5. The number of benzene rings is 1. The van der Waals surface area contributed by atoms with Crippen LogP contribution >= 0.6 is 0 Å². The monoisotopic (exact) mass is 315 g/mol. The standard InChI is InChI=1S/C13H17NO6S/c1-20-13(5-2-6-13)8-14-21(18,19)9-3-4-11(15)10(7-9)12(16)17/h3-4,7,14-15H,2,5-6,8H2,1H3,(H,16,17). The van der Waals surface area contributed by atoms with E-state index in [0.29, 0.717) is 0 Å². The normalized spacial score (nSPS) is 17.2. The van der Waals surface area contributed by atoms with Gasteiger partial charge in [-0.05, 0) is 37.5 Å². The molecule has 1 aromatic carbocycles. The lowest BCUT2D eigenvalue weighted by atomic mass is 9.80. The van der Waals surface area contributed by atoms with Crippen LogP contribution in [0.3, 0.4) is 0 Å². The molecule has 0 saturated heterocycles. The molecule has 0 unspecified atom stereocenters. The molecule has 0 radical (unpaired) electrons. The van der Waals surface area contributed by atoms with E-state index >= 15 is 0 Å². The van der Waals surface area contributed by atoms with Gasteiger partial charge in [0.25, 0.3) is 0 Å². The summed E-state index contributed by atoms with van der Waals surface area (Å²) in [6.45, 7) is 0.134. The van der Waals surface area contributed by atoms with Crippen LogP contribution in [0.25, 0.3) is 0 Å². The minimum atomic E-state index is -3.86. The molecule has 3 N–H and O–H groups in total. The van der Waals surface area contributed by atoms with Crippen LogP contribution in [-0.2, 0) is 14.8 Å². The molecule has 1 aliphatic rings. The summed E-state index contributed by atoms with van der Waals surface area (Å²) in [5.41, 5.74) is -0.928. The smallest absolute Gasteiger partial charge is 0.339 e. The van der Waals surface area contributed by atoms with Crippen LogP contribution in [0.4, 0.5) is 0 Å². The second-order valence-electron chi connectivity index (χ2n) is 5.05. The predicted octanol–water partition coefficient (Wildman–Crippen LogP) is 0.938. The van der Waals surface area contributed by atoms with E-state index in [-0.39, 0.29) is 11.4 Å². The summed E-state index contributed by atoms with van der Waals surface area (Å²) in [5.74, 6) is -1.87. The Hall–Kier alpha value is -1.64. The Kier molecular flexibility index (Phi) is 4.22. The number of nitrogens with one attached hydrogen (secondary N) is 1. The lowest BCUT2D eigenvalue weighted by Crippen LogP contribution is -2.49. The molecule has 0 bridgehead atoms. The maximum Gasteiger partial charge on any atom is 0.339 e. The molecular weight excluding hydrogens is 298 g/mol. The molecule has 0 atom stereocenters. The number of carboxylic acids is 1. The van der Waals surface area contributed by atoms with E-state index in [4.69, 9.17) is 9.84 Å². The molecule has 0 aliphatic heterocycles. The van der Waals surface area contributed by atoms with Gasteiger partial charge >= 0.3 is 5.97 Å². The number of aromatic carboxylic acids is 1. The number of carbonyl (C=O) groups is 1. The van der Waals surface area contributed by atoms with E-state index in [1.54, 1.807) is 0 Å². The number of hydrogen-bond acceptors (Lipinski definition) is 5. The van der Waals surface area contributed by atoms with Crippen LogP contribution in [0.1, 0.15) is 29.6 Å². The van der Waals surface area contributed by atoms with Crippen molar-refractivity contribution in [1.82, 2.24) is 4.72 Å². The first-order valence-electron chi connectivity index (χ1n) is 6.41. The minimum absolute atomic E-state index is 0.134. The zero-order valence-corrected chi connectivity index (χ0v) is 12.3. The van der Waals surface area contributed by atoms with E-state index in [9.17, 15) is 18.3 Å². The Morgan fingerprint density at radius 3 is 2.57 bits per heavy atom. The van der Waals surface area contributed by atoms with Crippen LogP contribution in [0.5, 0.6) is 5.75 Å².